The van der Waals surface area contributed by atoms with Gasteiger partial charge < -0.3 is 0 Å². The van der Waals surface area contributed by atoms with Crippen molar-refractivity contribution in [2.75, 3.05) is 0 Å². The van der Waals surface area contributed by atoms with Crippen LogP contribution in [0.25, 0.3) is 32.7 Å². The van der Waals surface area contributed by atoms with Gasteiger partial charge in [0.15, 0.2) is 0 Å². The standard InChI is InChI=1S/C20H21.C20H27.C2H6Si.2ClH.Zr/c1-14-12-16-6-5-7-18(19(16)13-14)15-8-10-17(11-9-15)20(2,3)4;1-4-15(3)19-7-5-6-17-12-18(13-20(17)19)16-10-8-14(2)9-11-16;1-3-2;;;/h5-13H,1-4H3;5-7,12-16H,4,8-11H2,1-3H3;1-2H3;2*1H;/q2*-1;;;;+4/p-2. The Bertz CT molecular complexity index is 1590. The number of fused-ring (bicyclic) bond motifs is 2. The molecule has 6 rings (SSSR count). The molecular formula is C42H54Cl2SiZr. The third-order valence-electron chi connectivity index (χ3n) is 9.39. The van der Waals surface area contributed by atoms with Crippen molar-refractivity contribution in [1.29, 1.82) is 0 Å². The molecule has 1 aliphatic rings. The van der Waals surface area contributed by atoms with Crippen LogP contribution in [0.5, 0.6) is 0 Å². The predicted octanol–water partition coefficient (Wildman–Crippen LogP) is 14.4. The quantitative estimate of drug-likeness (QED) is 0.127. The molecule has 1 saturated carbocycles. The number of halogens is 2. The van der Waals surface area contributed by atoms with Crippen LogP contribution in [0.2, 0.25) is 13.1 Å². The fourth-order valence-electron chi connectivity index (χ4n) is 6.55. The predicted molar refractivity (Wildman–Crippen MR) is 206 cm³/mol. The molecule has 0 bridgehead atoms. The SMILES string of the molecule is CCC(C)c1cccc2[cH-]c(C3CCC(C)CC3)cc12.C[Si]C.Cc1cc2c(-c3ccc(C(C)(C)C)cc3)cccc2[cH-]1.[Cl][Zr+2][Cl]. The number of rotatable bonds is 4. The fourth-order valence-corrected chi connectivity index (χ4v) is 6.55. The number of aryl methyl sites for hydroxylation is 1. The van der Waals surface area contributed by atoms with Gasteiger partial charge in [0.05, 0.1) is 0 Å². The first-order valence-corrected chi connectivity index (χ1v) is 25.3. The van der Waals surface area contributed by atoms with Gasteiger partial charge in [-0.05, 0) is 47.1 Å². The Kier molecular flexibility index (Phi) is 16.1. The molecule has 4 heteroatoms. The Morgan fingerprint density at radius 2 is 1.41 bits per heavy atom. The van der Waals surface area contributed by atoms with Crippen molar-refractivity contribution >= 4 is 48.1 Å². The van der Waals surface area contributed by atoms with Crippen LogP contribution in [0.4, 0.5) is 0 Å². The molecule has 0 aliphatic heterocycles. The summed E-state index contributed by atoms with van der Waals surface area (Å²) in [6.07, 6.45) is 6.81. The molecule has 0 saturated heterocycles. The zero-order valence-electron chi connectivity index (χ0n) is 29.6. The average Bonchev–Trinajstić information content (AvgIpc) is 3.65. The zero-order chi connectivity index (χ0) is 33.9. The molecule has 2 radical (unpaired) electrons. The first kappa shape index (κ1) is 39.0. The molecule has 1 unspecified atom stereocenters. The Labute approximate surface area is 301 Å². The molecule has 0 heterocycles. The summed E-state index contributed by atoms with van der Waals surface area (Å²) >= 11 is -0.826. The van der Waals surface area contributed by atoms with Crippen molar-refractivity contribution in [2.45, 2.75) is 111 Å². The Hall–Kier alpha value is -1.44. The Morgan fingerprint density at radius 1 is 0.848 bits per heavy atom. The molecule has 0 nitrogen and oxygen atoms in total. The number of benzene rings is 3. The molecule has 1 aliphatic carbocycles. The van der Waals surface area contributed by atoms with Gasteiger partial charge in [-0.25, -0.2) is 0 Å². The molecule has 0 aromatic heterocycles. The Morgan fingerprint density at radius 3 is 1.98 bits per heavy atom. The van der Waals surface area contributed by atoms with Crippen LogP contribution >= 0.6 is 17.0 Å². The van der Waals surface area contributed by atoms with Crippen LogP contribution in [-0.2, 0) is 26.3 Å². The van der Waals surface area contributed by atoms with E-state index in [1.165, 1.54) is 75.9 Å². The topological polar surface area (TPSA) is 0 Å². The van der Waals surface area contributed by atoms with Crippen molar-refractivity contribution in [3.05, 3.63) is 107 Å². The first-order chi connectivity index (χ1) is 22.0. The van der Waals surface area contributed by atoms with Gasteiger partial charge in [0, 0.05) is 9.52 Å². The summed E-state index contributed by atoms with van der Waals surface area (Å²) in [6.45, 7) is 20.3. The van der Waals surface area contributed by atoms with E-state index in [4.69, 9.17) is 17.0 Å². The van der Waals surface area contributed by atoms with Crippen molar-refractivity contribution in [3.63, 3.8) is 0 Å². The van der Waals surface area contributed by atoms with Gasteiger partial charge in [0.1, 0.15) is 0 Å². The van der Waals surface area contributed by atoms with Crippen LogP contribution in [0, 0.1) is 12.8 Å². The third kappa shape index (κ3) is 10.8. The molecular weight excluding hydrogens is 695 g/mol. The van der Waals surface area contributed by atoms with Crippen LogP contribution in [0.1, 0.15) is 108 Å². The summed E-state index contributed by atoms with van der Waals surface area (Å²) in [6, 6.07) is 31.9. The summed E-state index contributed by atoms with van der Waals surface area (Å²) in [5.74, 6) is 2.41. The minimum absolute atomic E-state index is 0.210. The van der Waals surface area contributed by atoms with Crippen LogP contribution in [0.3, 0.4) is 0 Å². The van der Waals surface area contributed by atoms with Crippen molar-refractivity contribution in [3.8, 4) is 11.1 Å². The van der Waals surface area contributed by atoms with E-state index in [1.54, 1.807) is 11.1 Å². The molecule has 5 aromatic carbocycles. The van der Waals surface area contributed by atoms with Gasteiger partial charge in [-0.15, -0.1) is 69.1 Å². The van der Waals surface area contributed by atoms with Gasteiger partial charge in [-0.3, -0.25) is 0 Å². The summed E-state index contributed by atoms with van der Waals surface area (Å²) in [5, 5.41) is 5.65. The molecule has 244 valence electrons. The number of hydrogen-bond acceptors (Lipinski definition) is 0. The molecule has 0 N–H and O–H groups in total. The van der Waals surface area contributed by atoms with Crippen LogP contribution in [0.15, 0.2) is 84.9 Å². The van der Waals surface area contributed by atoms with E-state index >= 15 is 0 Å². The van der Waals surface area contributed by atoms with E-state index in [2.05, 4.69) is 146 Å². The van der Waals surface area contributed by atoms with Crippen molar-refractivity contribution < 1.29 is 20.8 Å². The van der Waals surface area contributed by atoms with Gasteiger partial charge in [0.2, 0.25) is 0 Å². The van der Waals surface area contributed by atoms with Gasteiger partial charge in [-0.1, -0.05) is 128 Å². The second kappa shape index (κ2) is 18.9. The van der Waals surface area contributed by atoms with E-state index in [1.807, 2.05) is 0 Å². The van der Waals surface area contributed by atoms with E-state index in [9.17, 15) is 0 Å². The monoisotopic (exact) mass is 746 g/mol. The molecule has 0 spiro atoms. The summed E-state index contributed by atoms with van der Waals surface area (Å²) in [4.78, 5) is 0. The van der Waals surface area contributed by atoms with E-state index in [0.29, 0.717) is 5.92 Å². The van der Waals surface area contributed by atoms with Gasteiger partial charge in [0.25, 0.3) is 0 Å². The van der Waals surface area contributed by atoms with Crippen LogP contribution < -0.4 is 0 Å². The molecule has 1 atom stereocenters. The summed E-state index contributed by atoms with van der Waals surface area (Å²) in [7, 11) is 11.0. The maximum absolute atomic E-state index is 4.93. The summed E-state index contributed by atoms with van der Waals surface area (Å²) in [5.41, 5.74) is 8.70. The average molecular weight is 749 g/mol. The molecule has 1 fully saturated rings. The Balaban J connectivity index is 0.000000214. The third-order valence-corrected chi connectivity index (χ3v) is 9.39. The second-order valence-corrected chi connectivity index (χ2v) is 18.9. The van der Waals surface area contributed by atoms with E-state index < -0.39 is 20.8 Å². The second-order valence-electron chi connectivity index (χ2n) is 14.1. The summed E-state index contributed by atoms with van der Waals surface area (Å²) < 4.78 is 0. The molecule has 0 amide bonds. The molecule has 5 aromatic rings. The van der Waals surface area contributed by atoms with E-state index in [0.717, 1.165) is 21.4 Å². The zero-order valence-corrected chi connectivity index (χ0v) is 34.6. The van der Waals surface area contributed by atoms with Crippen LogP contribution in [-0.4, -0.2) is 9.52 Å². The minimum atomic E-state index is -0.826. The van der Waals surface area contributed by atoms with E-state index in [-0.39, 0.29) is 5.41 Å². The van der Waals surface area contributed by atoms with Gasteiger partial charge in [-0.2, -0.15) is 12.1 Å². The number of hydrogen-bond donors (Lipinski definition) is 0. The first-order valence-electron chi connectivity index (χ1n) is 17.0. The van der Waals surface area contributed by atoms with Gasteiger partial charge >= 0.3 is 37.9 Å². The normalized spacial score (nSPS) is 16.7. The van der Waals surface area contributed by atoms with Crippen molar-refractivity contribution in [2.24, 2.45) is 5.92 Å². The maximum atomic E-state index is 4.93. The van der Waals surface area contributed by atoms with Crippen molar-refractivity contribution in [1.82, 2.24) is 0 Å². The fraction of sp³-hybridized carbons (Fsp3) is 0.429. The molecule has 46 heavy (non-hydrogen) atoms.